The van der Waals surface area contributed by atoms with E-state index in [0.29, 0.717) is 11.4 Å². The zero-order valence-electron chi connectivity index (χ0n) is 45.3. The molecule has 0 spiro atoms. The predicted octanol–water partition coefficient (Wildman–Crippen LogP) is 16.8. The Labute approximate surface area is 413 Å². The van der Waals surface area contributed by atoms with E-state index in [1.165, 1.54) is 4.57 Å². The van der Waals surface area contributed by atoms with E-state index in [1.807, 2.05) is 36.4 Å². The van der Waals surface area contributed by atoms with Gasteiger partial charge in [0.1, 0.15) is 11.6 Å². The fraction of sp³-hybridized carbons (Fsp3) is 0. The standard InChI is InChI=1S/C65H41N5/c1-2-20-43(21-3-1)67-54-32-11-10-28-50(54)52-30-18-31-53(65(52)67)51-29-19-39-61(68-55-33-12-4-22-44(55)45-23-5-13-34-56(45)68)64(51)42-40-62(69-57-35-14-6-24-46(57)47-25-7-15-36-58(47)69)66-63(41-42)70-59-37-16-8-26-48(59)49-27-9-17-38-60(49)70/h1-41H/i6D,7D,14D,15D,24D,25D,35D,36D. The molecule has 5 aromatic heterocycles. The molecule has 10 aromatic carbocycles. The van der Waals surface area contributed by atoms with Crippen LogP contribution in [0.3, 0.4) is 0 Å². The van der Waals surface area contributed by atoms with Crippen LogP contribution in [0.15, 0.2) is 249 Å². The van der Waals surface area contributed by atoms with Gasteiger partial charge in [-0.3, -0.25) is 9.13 Å². The largest absolute Gasteiger partial charge is 0.309 e. The first-order valence-corrected chi connectivity index (χ1v) is 23.3. The van der Waals surface area contributed by atoms with Gasteiger partial charge in [0.15, 0.2) is 0 Å². The highest BCUT2D eigenvalue weighted by Gasteiger charge is 2.25. The molecule has 0 amide bonds. The Kier molecular flexibility index (Phi) is 6.76. The molecule has 0 radical (unpaired) electrons. The highest BCUT2D eigenvalue weighted by atomic mass is 15.1. The Morgan fingerprint density at radius 3 is 1.29 bits per heavy atom. The molecule has 70 heavy (non-hydrogen) atoms. The lowest BCUT2D eigenvalue weighted by Crippen LogP contribution is -2.06. The van der Waals surface area contributed by atoms with Crippen LogP contribution in [0.1, 0.15) is 11.0 Å². The van der Waals surface area contributed by atoms with E-state index in [1.54, 1.807) is 0 Å². The molecule has 0 unspecified atom stereocenters. The number of hydrogen-bond acceptors (Lipinski definition) is 1. The van der Waals surface area contributed by atoms with Crippen molar-refractivity contribution in [1.82, 2.24) is 23.3 Å². The van der Waals surface area contributed by atoms with Gasteiger partial charge >= 0.3 is 0 Å². The van der Waals surface area contributed by atoms with Gasteiger partial charge in [-0.05, 0) is 83.9 Å². The molecule has 0 atom stereocenters. The first-order valence-electron chi connectivity index (χ1n) is 27.3. The average Bonchev–Trinajstić information content (AvgIpc) is 4.31. The van der Waals surface area contributed by atoms with Crippen LogP contribution in [0.5, 0.6) is 0 Å². The summed E-state index contributed by atoms with van der Waals surface area (Å²) < 4.78 is 82.0. The van der Waals surface area contributed by atoms with Gasteiger partial charge in [-0.25, -0.2) is 4.98 Å². The van der Waals surface area contributed by atoms with E-state index >= 15 is 0 Å². The SMILES string of the molecule is [2H]c1c([2H])c([2H])c2c(c1[2H])c1c([2H])c([2H])c([2H])c([2H])c1n2-c1cc(-c2c(-c3cccc4c5ccccc5n(-c5ccccc5)c34)cccc2-n2c3ccccc3c3ccccc32)cc(-n2c3ccccc3c3ccccc32)n1. The van der Waals surface area contributed by atoms with Gasteiger partial charge in [0.05, 0.1) is 60.8 Å². The van der Waals surface area contributed by atoms with E-state index < -0.39 is 48.3 Å². The summed E-state index contributed by atoms with van der Waals surface area (Å²) in [5.74, 6) is 0.648. The molecule has 0 aliphatic rings. The molecule has 5 heterocycles. The van der Waals surface area contributed by atoms with Crippen LogP contribution in [0.25, 0.3) is 132 Å². The molecular formula is C65H41N5. The van der Waals surface area contributed by atoms with Crippen LogP contribution < -0.4 is 0 Å². The van der Waals surface area contributed by atoms with Crippen LogP contribution in [0.2, 0.25) is 0 Å². The quantitative estimate of drug-likeness (QED) is 0.164. The van der Waals surface area contributed by atoms with E-state index in [4.69, 9.17) is 10.5 Å². The van der Waals surface area contributed by atoms with Crippen LogP contribution in [-0.4, -0.2) is 23.3 Å². The summed E-state index contributed by atoms with van der Waals surface area (Å²) >= 11 is 0. The lowest BCUT2D eigenvalue weighted by atomic mass is 9.91. The topological polar surface area (TPSA) is 32.6 Å². The maximum atomic E-state index is 9.60. The van der Waals surface area contributed by atoms with E-state index in [9.17, 15) is 5.48 Å². The molecule has 0 N–H and O–H groups in total. The summed E-state index contributed by atoms with van der Waals surface area (Å²) in [7, 11) is 0. The van der Waals surface area contributed by atoms with Crippen LogP contribution >= 0.6 is 0 Å². The highest BCUT2D eigenvalue weighted by molar-refractivity contribution is 6.16. The molecule has 15 rings (SSSR count). The molecule has 0 saturated carbocycles. The minimum Gasteiger partial charge on any atom is -0.309 e. The Balaban J connectivity index is 1.17. The predicted molar refractivity (Wildman–Crippen MR) is 292 cm³/mol. The summed E-state index contributed by atoms with van der Waals surface area (Å²) in [4.78, 5) is 5.53. The molecule has 0 aliphatic carbocycles. The van der Waals surface area contributed by atoms with Crippen LogP contribution in [0.4, 0.5) is 0 Å². The number of para-hydroxylation sites is 9. The third kappa shape index (κ3) is 5.51. The second kappa shape index (κ2) is 15.0. The number of benzene rings is 10. The fourth-order valence-corrected chi connectivity index (χ4v) is 11.2. The maximum absolute atomic E-state index is 9.60. The monoisotopic (exact) mass is 899 g/mol. The first kappa shape index (κ1) is 31.5. The van der Waals surface area contributed by atoms with Crippen molar-refractivity contribution >= 4 is 87.2 Å². The van der Waals surface area contributed by atoms with Gasteiger partial charge < -0.3 is 9.13 Å². The maximum Gasteiger partial charge on any atom is 0.140 e. The van der Waals surface area contributed by atoms with Crippen molar-refractivity contribution in [2.75, 3.05) is 0 Å². The summed E-state index contributed by atoms with van der Waals surface area (Å²) in [6, 6.07) is 65.0. The smallest absolute Gasteiger partial charge is 0.140 e. The van der Waals surface area contributed by atoms with Gasteiger partial charge in [-0.15, -0.1) is 0 Å². The Hall–Kier alpha value is -9.45. The van der Waals surface area contributed by atoms with E-state index in [-0.39, 0.29) is 27.6 Å². The number of pyridine rings is 1. The minimum atomic E-state index is -0.515. The van der Waals surface area contributed by atoms with E-state index in [0.717, 1.165) is 93.5 Å². The molecule has 0 fully saturated rings. The molecule has 15 aromatic rings. The van der Waals surface area contributed by atoms with Gasteiger partial charge in [0.2, 0.25) is 0 Å². The minimum absolute atomic E-state index is 0.0196. The van der Waals surface area contributed by atoms with Crippen molar-refractivity contribution in [1.29, 1.82) is 0 Å². The summed E-state index contributed by atoms with van der Waals surface area (Å²) in [6.07, 6.45) is 0. The summed E-state index contributed by atoms with van der Waals surface area (Å²) in [5.41, 5.74) is 10.9. The fourth-order valence-electron chi connectivity index (χ4n) is 11.2. The van der Waals surface area contributed by atoms with Crippen molar-refractivity contribution in [2.45, 2.75) is 0 Å². The molecule has 0 bridgehead atoms. The molecular weight excluding hydrogens is 851 g/mol. The van der Waals surface area contributed by atoms with Crippen molar-refractivity contribution in [3.8, 4) is 45.3 Å². The van der Waals surface area contributed by atoms with Gasteiger partial charge in [0, 0.05) is 59.9 Å². The molecule has 5 heteroatoms. The first-order chi connectivity index (χ1) is 38.1. The Morgan fingerprint density at radius 1 is 0.314 bits per heavy atom. The number of hydrogen-bond donors (Lipinski definition) is 0. The van der Waals surface area contributed by atoms with Crippen molar-refractivity contribution in [2.24, 2.45) is 0 Å². The normalized spacial score (nSPS) is 13.6. The van der Waals surface area contributed by atoms with Gasteiger partial charge in [-0.1, -0.05) is 176 Å². The second-order valence-electron chi connectivity index (χ2n) is 17.7. The van der Waals surface area contributed by atoms with Gasteiger partial charge in [0.25, 0.3) is 0 Å². The lowest BCUT2D eigenvalue weighted by Gasteiger charge is -2.21. The molecule has 5 nitrogen and oxygen atoms in total. The van der Waals surface area contributed by atoms with Gasteiger partial charge in [-0.2, -0.15) is 0 Å². The van der Waals surface area contributed by atoms with E-state index in [2.05, 4.69) is 177 Å². The highest BCUT2D eigenvalue weighted by Crippen LogP contribution is 2.47. The number of nitrogens with zero attached hydrogens (tertiary/aromatic N) is 5. The zero-order valence-corrected chi connectivity index (χ0v) is 37.3. The Morgan fingerprint density at radius 2 is 0.729 bits per heavy atom. The summed E-state index contributed by atoms with van der Waals surface area (Å²) in [5, 5.41) is 6.24. The Bertz CT molecular complexity index is 4900. The summed E-state index contributed by atoms with van der Waals surface area (Å²) in [6.45, 7) is 0. The number of aromatic nitrogens is 5. The van der Waals surface area contributed by atoms with Crippen LogP contribution in [-0.2, 0) is 0 Å². The second-order valence-corrected chi connectivity index (χ2v) is 17.7. The third-order valence-electron chi connectivity index (χ3n) is 14.0. The molecule has 0 saturated heterocycles. The lowest BCUT2D eigenvalue weighted by molar-refractivity contribution is 1.01. The van der Waals surface area contributed by atoms with Crippen molar-refractivity contribution in [3.63, 3.8) is 0 Å². The molecule has 326 valence electrons. The zero-order chi connectivity index (χ0) is 52.8. The third-order valence-corrected chi connectivity index (χ3v) is 14.0. The number of fused-ring (bicyclic) bond motifs is 12. The van der Waals surface area contributed by atoms with Crippen molar-refractivity contribution in [3.05, 3.63) is 249 Å². The molecule has 0 aliphatic heterocycles. The average molecular weight is 900 g/mol. The number of rotatable bonds is 6. The van der Waals surface area contributed by atoms with Crippen molar-refractivity contribution < 1.29 is 11.0 Å². The van der Waals surface area contributed by atoms with Crippen LogP contribution in [0, 0.1) is 0 Å².